The summed E-state index contributed by atoms with van der Waals surface area (Å²) < 4.78 is 41.2. The average molecular weight is 380 g/mol. The number of nitrogens with one attached hydrogen (secondary N) is 2. The minimum Gasteiger partial charge on any atom is -0.355 e. The van der Waals surface area contributed by atoms with Crippen LogP contribution in [0.3, 0.4) is 0 Å². The predicted octanol–water partition coefficient (Wildman–Crippen LogP) is 5.08. The molecule has 0 atom stereocenters. The maximum atomic E-state index is 13.4. The van der Waals surface area contributed by atoms with Gasteiger partial charge >= 0.3 is 0 Å². The summed E-state index contributed by atoms with van der Waals surface area (Å²) in [6.45, 7) is 1.90. The quantitative estimate of drug-likeness (QED) is 0.518. The van der Waals surface area contributed by atoms with Gasteiger partial charge in [0, 0.05) is 27.8 Å². The second-order valence-electron chi connectivity index (χ2n) is 6.41. The molecule has 4 nitrogen and oxygen atoms in total. The molecule has 0 bridgehead atoms. The van der Waals surface area contributed by atoms with Crippen LogP contribution in [-0.4, -0.2) is 13.4 Å². The van der Waals surface area contributed by atoms with E-state index in [0.717, 1.165) is 27.7 Å². The van der Waals surface area contributed by atoms with Gasteiger partial charge in [0.25, 0.3) is 10.0 Å². The summed E-state index contributed by atoms with van der Waals surface area (Å²) in [5.41, 5.74) is 3.85. The number of aromatic amines is 1. The number of hydrogen-bond acceptors (Lipinski definition) is 2. The molecule has 3 aromatic carbocycles. The van der Waals surface area contributed by atoms with Gasteiger partial charge in [0.1, 0.15) is 5.82 Å². The summed E-state index contributed by atoms with van der Waals surface area (Å²) >= 11 is 0. The van der Waals surface area contributed by atoms with E-state index in [0.29, 0.717) is 5.69 Å². The van der Waals surface area contributed by atoms with Crippen molar-refractivity contribution in [1.82, 2.24) is 4.98 Å². The third-order valence-electron chi connectivity index (χ3n) is 4.34. The van der Waals surface area contributed by atoms with E-state index in [2.05, 4.69) is 9.71 Å². The van der Waals surface area contributed by atoms with E-state index in [-0.39, 0.29) is 10.7 Å². The largest absolute Gasteiger partial charge is 0.355 e. The van der Waals surface area contributed by atoms with Gasteiger partial charge in [-0.3, -0.25) is 4.72 Å². The summed E-state index contributed by atoms with van der Waals surface area (Å²) in [5.74, 6) is -0.298. The lowest BCUT2D eigenvalue weighted by atomic mass is 10.1. The molecule has 136 valence electrons. The molecule has 0 saturated heterocycles. The van der Waals surface area contributed by atoms with Crippen molar-refractivity contribution in [3.63, 3.8) is 0 Å². The fourth-order valence-corrected chi connectivity index (χ4v) is 3.99. The van der Waals surface area contributed by atoms with Gasteiger partial charge in [-0.2, -0.15) is 0 Å². The summed E-state index contributed by atoms with van der Waals surface area (Å²) in [6, 6.07) is 20.1. The Balaban J connectivity index is 1.66. The summed E-state index contributed by atoms with van der Waals surface area (Å²) in [7, 11) is -3.67. The lowest BCUT2D eigenvalue weighted by Crippen LogP contribution is -2.12. The molecule has 4 aromatic rings. The molecule has 1 heterocycles. The second-order valence-corrected chi connectivity index (χ2v) is 8.10. The Morgan fingerprint density at radius 1 is 0.926 bits per heavy atom. The highest BCUT2D eigenvalue weighted by Crippen LogP contribution is 2.27. The lowest BCUT2D eigenvalue weighted by molar-refractivity contribution is 0.601. The molecule has 4 rings (SSSR count). The molecule has 0 amide bonds. The van der Waals surface area contributed by atoms with Crippen LogP contribution in [0, 0.1) is 12.7 Å². The second kappa shape index (κ2) is 6.55. The van der Waals surface area contributed by atoms with Crippen molar-refractivity contribution in [1.29, 1.82) is 0 Å². The van der Waals surface area contributed by atoms with Crippen LogP contribution >= 0.6 is 0 Å². The number of halogens is 1. The third kappa shape index (κ3) is 3.57. The van der Waals surface area contributed by atoms with Crippen molar-refractivity contribution in [2.45, 2.75) is 11.8 Å². The molecule has 0 radical (unpaired) electrons. The van der Waals surface area contributed by atoms with Crippen LogP contribution in [0.15, 0.2) is 77.7 Å². The molecular formula is C21H17FN2O2S. The maximum Gasteiger partial charge on any atom is 0.261 e. The first-order valence-electron chi connectivity index (χ1n) is 8.39. The number of benzene rings is 3. The van der Waals surface area contributed by atoms with Crippen LogP contribution in [0.25, 0.3) is 22.2 Å². The van der Waals surface area contributed by atoms with E-state index in [9.17, 15) is 12.8 Å². The normalized spacial score (nSPS) is 11.6. The van der Waals surface area contributed by atoms with E-state index in [1.807, 2.05) is 19.1 Å². The Morgan fingerprint density at radius 2 is 1.70 bits per heavy atom. The van der Waals surface area contributed by atoms with Crippen molar-refractivity contribution >= 4 is 26.6 Å². The van der Waals surface area contributed by atoms with Gasteiger partial charge in [-0.05, 0) is 55.5 Å². The Labute approximate surface area is 156 Å². The van der Waals surface area contributed by atoms with Crippen LogP contribution in [0.5, 0.6) is 0 Å². The molecule has 0 aliphatic rings. The molecule has 0 saturated carbocycles. The van der Waals surface area contributed by atoms with Crippen LogP contribution in [0.4, 0.5) is 10.1 Å². The number of H-pyrrole nitrogens is 1. The fourth-order valence-electron chi connectivity index (χ4n) is 2.94. The van der Waals surface area contributed by atoms with Crippen LogP contribution in [-0.2, 0) is 10.0 Å². The van der Waals surface area contributed by atoms with E-state index in [4.69, 9.17) is 0 Å². The first kappa shape index (κ1) is 17.3. The van der Waals surface area contributed by atoms with Gasteiger partial charge in [0.05, 0.1) is 4.90 Å². The van der Waals surface area contributed by atoms with Crippen molar-refractivity contribution in [3.8, 4) is 11.3 Å². The van der Waals surface area contributed by atoms with Crippen molar-refractivity contribution in [3.05, 3.63) is 84.2 Å². The molecule has 0 spiro atoms. The highest BCUT2D eigenvalue weighted by atomic mass is 32.2. The zero-order valence-corrected chi connectivity index (χ0v) is 15.3. The molecule has 0 fully saturated rings. The standard InChI is InChI=1S/C21H17FN2O2S/c1-14-5-8-19(9-6-14)27(25,26)24-18-4-2-3-15(12-18)21-13-16-11-17(22)7-10-20(16)23-21/h2-13,23-24H,1H3. The van der Waals surface area contributed by atoms with E-state index in [1.54, 1.807) is 48.5 Å². The number of fused-ring (bicyclic) bond motifs is 1. The number of sulfonamides is 1. The van der Waals surface area contributed by atoms with Crippen LogP contribution in [0.2, 0.25) is 0 Å². The monoisotopic (exact) mass is 380 g/mol. The highest BCUT2D eigenvalue weighted by molar-refractivity contribution is 7.92. The summed E-state index contributed by atoms with van der Waals surface area (Å²) in [6.07, 6.45) is 0. The van der Waals surface area contributed by atoms with Gasteiger partial charge in [-0.15, -0.1) is 0 Å². The Hall–Kier alpha value is -3.12. The van der Waals surface area contributed by atoms with E-state index < -0.39 is 10.0 Å². The summed E-state index contributed by atoms with van der Waals surface area (Å²) in [4.78, 5) is 3.43. The van der Waals surface area contributed by atoms with Crippen LogP contribution in [0.1, 0.15) is 5.56 Å². The average Bonchev–Trinajstić information content (AvgIpc) is 3.05. The smallest absolute Gasteiger partial charge is 0.261 e. The minimum atomic E-state index is -3.67. The maximum absolute atomic E-state index is 13.4. The minimum absolute atomic E-state index is 0.208. The predicted molar refractivity (Wildman–Crippen MR) is 106 cm³/mol. The van der Waals surface area contributed by atoms with Gasteiger partial charge in [0.15, 0.2) is 0 Å². The molecule has 27 heavy (non-hydrogen) atoms. The number of rotatable bonds is 4. The van der Waals surface area contributed by atoms with Gasteiger partial charge in [0.2, 0.25) is 0 Å². The van der Waals surface area contributed by atoms with Gasteiger partial charge in [-0.1, -0.05) is 29.8 Å². The molecule has 2 N–H and O–H groups in total. The van der Waals surface area contributed by atoms with E-state index >= 15 is 0 Å². The topological polar surface area (TPSA) is 62.0 Å². The number of aromatic nitrogens is 1. The Morgan fingerprint density at radius 3 is 2.48 bits per heavy atom. The molecular weight excluding hydrogens is 363 g/mol. The molecule has 0 aliphatic carbocycles. The number of hydrogen-bond donors (Lipinski definition) is 2. The van der Waals surface area contributed by atoms with Gasteiger partial charge < -0.3 is 4.98 Å². The van der Waals surface area contributed by atoms with Crippen molar-refractivity contribution in [2.75, 3.05) is 4.72 Å². The molecule has 0 aliphatic heterocycles. The first-order chi connectivity index (χ1) is 12.9. The Kier molecular flexibility index (Phi) is 4.20. The van der Waals surface area contributed by atoms with Crippen molar-refractivity contribution < 1.29 is 12.8 Å². The zero-order chi connectivity index (χ0) is 19.0. The van der Waals surface area contributed by atoms with Gasteiger partial charge in [-0.25, -0.2) is 12.8 Å². The van der Waals surface area contributed by atoms with Crippen LogP contribution < -0.4 is 4.72 Å². The first-order valence-corrected chi connectivity index (χ1v) is 9.87. The molecule has 6 heteroatoms. The SMILES string of the molecule is Cc1ccc(S(=O)(=O)Nc2cccc(-c3cc4cc(F)ccc4[nH]3)c2)cc1. The lowest BCUT2D eigenvalue weighted by Gasteiger charge is -2.09. The third-order valence-corrected chi connectivity index (χ3v) is 5.74. The molecule has 0 unspecified atom stereocenters. The van der Waals surface area contributed by atoms with Crippen molar-refractivity contribution in [2.24, 2.45) is 0 Å². The fraction of sp³-hybridized carbons (Fsp3) is 0.0476. The van der Waals surface area contributed by atoms with E-state index in [1.165, 1.54) is 12.1 Å². The number of aryl methyl sites for hydroxylation is 1. The number of anilines is 1. The molecule has 1 aromatic heterocycles. The Bertz CT molecular complexity index is 1230. The summed E-state index contributed by atoms with van der Waals surface area (Å²) in [5, 5.41) is 0.760. The zero-order valence-electron chi connectivity index (χ0n) is 14.5. The highest BCUT2D eigenvalue weighted by Gasteiger charge is 2.14.